The average Bonchev–Trinajstić information content (AvgIpc) is 3.69. The van der Waals surface area contributed by atoms with Gasteiger partial charge in [-0.15, -0.1) is 0 Å². The third-order valence-electron chi connectivity index (χ3n) is 6.88. The van der Waals surface area contributed by atoms with Gasteiger partial charge in [0.25, 0.3) is 0 Å². The molecule has 1 aliphatic heterocycles. The molecule has 1 fully saturated rings. The standard InChI is InChI=1S/C17H13N5.C13H16N2O2.C5H11N/c18-17-19-10-9-13(20-17)15-14-8-4-5-11-22(14)21-16(15)12-6-2-1-3-7-12;1-15(2)8-4-7-13(17)14-12-6-3-5-11(9-12)10-16;1-6-4-2-3-5-6/h1-11H,(H2,18,19,20);3-7,9-10H,8H2,1-2H3,(H,14,17);2-5H2,1H3/b;7-4+;. The van der Waals surface area contributed by atoms with Crippen molar-refractivity contribution in [3.63, 3.8) is 0 Å². The van der Waals surface area contributed by atoms with Gasteiger partial charge in [-0.05, 0) is 77.4 Å². The summed E-state index contributed by atoms with van der Waals surface area (Å²) < 4.78 is 1.86. The maximum atomic E-state index is 11.5. The van der Waals surface area contributed by atoms with Gasteiger partial charge in [0.15, 0.2) is 0 Å². The lowest BCUT2D eigenvalue weighted by atomic mass is 10.0. The molecule has 1 aliphatic rings. The SMILES string of the molecule is CN(C)C/C=C/C(=O)Nc1cccc(C=O)c1.CN1CCCC1.Nc1nccc(-c2c(-c3ccccc3)nn3ccccc23)n1. The number of rotatable bonds is 7. The van der Waals surface area contributed by atoms with E-state index in [1.165, 1.54) is 32.0 Å². The van der Waals surface area contributed by atoms with Gasteiger partial charge in [0, 0.05) is 41.8 Å². The van der Waals surface area contributed by atoms with Crippen molar-refractivity contribution in [2.75, 3.05) is 51.8 Å². The van der Waals surface area contributed by atoms with Crippen LogP contribution in [0.4, 0.5) is 11.6 Å². The van der Waals surface area contributed by atoms with E-state index in [4.69, 9.17) is 10.8 Å². The molecular formula is C35H40N8O2. The number of hydrogen-bond acceptors (Lipinski definition) is 8. The van der Waals surface area contributed by atoms with E-state index >= 15 is 0 Å². The topological polar surface area (TPSA) is 122 Å². The van der Waals surface area contributed by atoms with Crippen molar-refractivity contribution in [2.45, 2.75) is 12.8 Å². The van der Waals surface area contributed by atoms with Crippen molar-refractivity contribution in [3.05, 3.63) is 109 Å². The number of nitrogens with one attached hydrogen (secondary N) is 1. The molecule has 6 rings (SSSR count). The predicted molar refractivity (Wildman–Crippen MR) is 181 cm³/mol. The molecule has 5 aromatic rings. The molecule has 232 valence electrons. The highest BCUT2D eigenvalue weighted by atomic mass is 16.1. The Balaban J connectivity index is 0.000000177. The van der Waals surface area contributed by atoms with E-state index in [2.05, 4.69) is 27.2 Å². The zero-order valence-corrected chi connectivity index (χ0v) is 26.0. The first kappa shape index (κ1) is 32.7. The molecule has 0 aliphatic carbocycles. The smallest absolute Gasteiger partial charge is 0.248 e. The number of aromatic nitrogens is 4. The van der Waals surface area contributed by atoms with Gasteiger partial charge in [0.05, 0.1) is 16.8 Å². The number of benzene rings is 2. The lowest BCUT2D eigenvalue weighted by molar-refractivity contribution is -0.111. The van der Waals surface area contributed by atoms with E-state index < -0.39 is 0 Å². The fraction of sp³-hybridized carbons (Fsp3) is 0.229. The van der Waals surface area contributed by atoms with Gasteiger partial charge in [-0.2, -0.15) is 5.10 Å². The summed E-state index contributed by atoms with van der Waals surface area (Å²) >= 11 is 0. The van der Waals surface area contributed by atoms with E-state index in [1.54, 1.807) is 36.5 Å². The highest BCUT2D eigenvalue weighted by molar-refractivity contribution is 5.99. The maximum absolute atomic E-state index is 11.5. The molecule has 0 bridgehead atoms. The first-order valence-electron chi connectivity index (χ1n) is 14.8. The molecule has 2 aromatic carbocycles. The third-order valence-corrected chi connectivity index (χ3v) is 6.88. The number of likely N-dealkylation sites (tertiary alicyclic amines) is 1. The normalized spacial score (nSPS) is 12.8. The van der Waals surface area contributed by atoms with Crippen LogP contribution in [0, 0.1) is 0 Å². The minimum atomic E-state index is -0.199. The Labute approximate surface area is 264 Å². The largest absolute Gasteiger partial charge is 0.368 e. The van der Waals surface area contributed by atoms with Crippen molar-refractivity contribution in [1.82, 2.24) is 29.4 Å². The summed E-state index contributed by atoms with van der Waals surface area (Å²) in [6.07, 6.45) is 10.4. The number of likely N-dealkylation sites (N-methyl/N-ethyl adjacent to an activating group) is 1. The van der Waals surface area contributed by atoms with Crippen molar-refractivity contribution < 1.29 is 9.59 Å². The second-order valence-corrected chi connectivity index (χ2v) is 10.8. The fourth-order valence-electron chi connectivity index (χ4n) is 4.68. The van der Waals surface area contributed by atoms with Gasteiger partial charge in [-0.3, -0.25) is 9.59 Å². The summed E-state index contributed by atoms with van der Waals surface area (Å²) in [6.45, 7) is 3.35. The molecule has 0 unspecified atom stereocenters. The number of fused-ring (bicyclic) bond motifs is 1. The summed E-state index contributed by atoms with van der Waals surface area (Å²) in [5, 5.41) is 7.39. The third kappa shape index (κ3) is 9.92. The Hall–Kier alpha value is -5.19. The first-order valence-corrected chi connectivity index (χ1v) is 14.8. The Morgan fingerprint density at radius 1 is 1.00 bits per heavy atom. The zero-order valence-electron chi connectivity index (χ0n) is 26.0. The average molecular weight is 605 g/mol. The van der Waals surface area contributed by atoms with Gasteiger partial charge in [-0.25, -0.2) is 14.5 Å². The number of aldehydes is 1. The summed E-state index contributed by atoms with van der Waals surface area (Å²) in [4.78, 5) is 34.7. The Kier molecular flexibility index (Phi) is 12.1. The minimum Gasteiger partial charge on any atom is -0.368 e. The van der Waals surface area contributed by atoms with E-state index in [-0.39, 0.29) is 11.9 Å². The highest BCUT2D eigenvalue weighted by Gasteiger charge is 2.17. The molecule has 3 aromatic heterocycles. The Morgan fingerprint density at radius 2 is 1.76 bits per heavy atom. The lowest BCUT2D eigenvalue weighted by Gasteiger charge is -2.04. The van der Waals surface area contributed by atoms with Gasteiger partial charge < -0.3 is 20.9 Å². The van der Waals surface area contributed by atoms with Crippen molar-refractivity contribution >= 4 is 29.3 Å². The van der Waals surface area contributed by atoms with Crippen LogP contribution in [0.25, 0.3) is 28.0 Å². The zero-order chi connectivity index (χ0) is 32.0. The minimum absolute atomic E-state index is 0.199. The van der Waals surface area contributed by atoms with Crippen LogP contribution < -0.4 is 11.1 Å². The van der Waals surface area contributed by atoms with Gasteiger partial charge in [0.2, 0.25) is 11.9 Å². The predicted octanol–water partition coefficient (Wildman–Crippen LogP) is 5.31. The lowest BCUT2D eigenvalue weighted by Crippen LogP contribution is -2.12. The number of nitrogens with two attached hydrogens (primary N) is 1. The van der Waals surface area contributed by atoms with Crippen molar-refractivity contribution in [3.8, 4) is 22.5 Å². The molecule has 10 heteroatoms. The van der Waals surface area contributed by atoms with Crippen LogP contribution in [0.3, 0.4) is 0 Å². The molecular weight excluding hydrogens is 564 g/mol. The van der Waals surface area contributed by atoms with E-state index in [0.29, 0.717) is 17.8 Å². The number of pyridine rings is 1. The molecule has 1 amide bonds. The molecule has 0 spiro atoms. The van der Waals surface area contributed by atoms with Crippen LogP contribution in [0.1, 0.15) is 23.2 Å². The van der Waals surface area contributed by atoms with Gasteiger partial charge in [-0.1, -0.05) is 54.6 Å². The summed E-state index contributed by atoms with van der Waals surface area (Å²) in [5.74, 6) is 0.0571. The molecule has 0 saturated carbocycles. The number of nitrogens with zero attached hydrogens (tertiary/aromatic N) is 6. The molecule has 3 N–H and O–H groups in total. The number of amides is 1. The number of hydrogen-bond donors (Lipinski definition) is 2. The molecule has 0 atom stereocenters. The van der Waals surface area contributed by atoms with E-state index in [0.717, 1.165) is 34.3 Å². The number of nitrogen functional groups attached to an aromatic ring is 1. The summed E-state index contributed by atoms with van der Waals surface area (Å²) in [5.41, 5.74) is 11.5. The quantitative estimate of drug-likeness (QED) is 0.189. The van der Waals surface area contributed by atoms with Crippen LogP contribution in [0.15, 0.2) is 103 Å². The molecule has 4 heterocycles. The van der Waals surface area contributed by atoms with Crippen LogP contribution in [0.5, 0.6) is 0 Å². The number of anilines is 2. The monoisotopic (exact) mass is 604 g/mol. The van der Waals surface area contributed by atoms with Gasteiger partial charge >= 0.3 is 0 Å². The van der Waals surface area contributed by atoms with Crippen LogP contribution >= 0.6 is 0 Å². The van der Waals surface area contributed by atoms with Crippen molar-refractivity contribution in [2.24, 2.45) is 0 Å². The second-order valence-electron chi connectivity index (χ2n) is 10.8. The summed E-state index contributed by atoms with van der Waals surface area (Å²) in [7, 11) is 6.03. The first-order chi connectivity index (χ1) is 21.8. The highest BCUT2D eigenvalue weighted by Crippen LogP contribution is 2.33. The molecule has 10 nitrogen and oxygen atoms in total. The molecule has 0 radical (unpaired) electrons. The number of carbonyl (C=O) groups is 2. The van der Waals surface area contributed by atoms with E-state index in [1.807, 2.05) is 84.3 Å². The second kappa shape index (κ2) is 16.6. The molecule has 1 saturated heterocycles. The molecule has 45 heavy (non-hydrogen) atoms. The van der Waals surface area contributed by atoms with Crippen LogP contribution in [-0.4, -0.2) is 82.4 Å². The van der Waals surface area contributed by atoms with Crippen LogP contribution in [-0.2, 0) is 4.79 Å². The van der Waals surface area contributed by atoms with Gasteiger partial charge in [0.1, 0.15) is 12.0 Å². The number of carbonyl (C=O) groups excluding carboxylic acids is 2. The summed E-state index contributed by atoms with van der Waals surface area (Å²) in [6, 6.07) is 24.7. The van der Waals surface area contributed by atoms with Crippen LogP contribution in [0.2, 0.25) is 0 Å². The van der Waals surface area contributed by atoms with E-state index in [9.17, 15) is 9.59 Å². The van der Waals surface area contributed by atoms with Crippen molar-refractivity contribution in [1.29, 1.82) is 0 Å². The Bertz CT molecular complexity index is 1710. The maximum Gasteiger partial charge on any atom is 0.248 e. The Morgan fingerprint density at radius 3 is 2.42 bits per heavy atom. The fourth-order valence-corrected chi connectivity index (χ4v) is 4.68.